The molecule has 2 aromatic rings. The molecule has 11 heteroatoms. The fourth-order valence-corrected chi connectivity index (χ4v) is 5.45. The second-order valence-corrected chi connectivity index (χ2v) is 10.4. The summed E-state index contributed by atoms with van der Waals surface area (Å²) in [5.74, 6) is 0. The van der Waals surface area contributed by atoms with Crippen LogP contribution in [0.2, 0.25) is 0 Å². The van der Waals surface area contributed by atoms with Gasteiger partial charge < -0.3 is 4.74 Å². The minimum atomic E-state index is -3.98. The Bertz CT molecular complexity index is 968. The summed E-state index contributed by atoms with van der Waals surface area (Å²) in [7, 11) is -7.87. The van der Waals surface area contributed by atoms with Gasteiger partial charge in [-0.25, -0.2) is 26.7 Å². The van der Waals surface area contributed by atoms with Crippen molar-refractivity contribution in [2.24, 2.45) is 5.14 Å². The van der Waals surface area contributed by atoms with Gasteiger partial charge in [-0.1, -0.05) is 12.1 Å². The highest BCUT2D eigenvalue weighted by molar-refractivity contribution is 7.90. The first-order valence-electron chi connectivity index (χ1n) is 8.25. The monoisotopic (exact) mass is 431 g/mol. The molecule has 1 atom stereocenters. The third-order valence-electron chi connectivity index (χ3n) is 4.27. The minimum Gasteiger partial charge on any atom is -0.379 e. The van der Waals surface area contributed by atoms with Crippen molar-refractivity contribution in [2.75, 3.05) is 32.8 Å². The maximum atomic E-state index is 12.7. The SMILES string of the molecule is NS(=O)(=O)c1cccc(S(=O)(=O)NCC(c2cccs2)N2CCOCC2)c1. The average molecular weight is 432 g/mol. The first kappa shape index (κ1) is 20.4. The van der Waals surface area contributed by atoms with Gasteiger partial charge in [-0.15, -0.1) is 11.3 Å². The Balaban J connectivity index is 1.80. The minimum absolute atomic E-state index is 0.120. The summed E-state index contributed by atoms with van der Waals surface area (Å²) in [6.07, 6.45) is 0. The van der Waals surface area contributed by atoms with Crippen LogP contribution in [0.3, 0.4) is 0 Å². The van der Waals surface area contributed by atoms with Crippen LogP contribution in [0.4, 0.5) is 0 Å². The summed E-state index contributed by atoms with van der Waals surface area (Å²) in [5, 5.41) is 7.04. The average Bonchev–Trinajstić information content (AvgIpc) is 3.16. The number of hydrogen-bond donors (Lipinski definition) is 2. The molecule has 148 valence electrons. The van der Waals surface area contributed by atoms with Crippen LogP contribution in [0.15, 0.2) is 51.6 Å². The topological polar surface area (TPSA) is 119 Å². The smallest absolute Gasteiger partial charge is 0.240 e. The molecule has 1 aliphatic heterocycles. The summed E-state index contributed by atoms with van der Waals surface area (Å²) in [6, 6.07) is 8.80. The molecule has 0 amide bonds. The summed E-state index contributed by atoms with van der Waals surface area (Å²) >= 11 is 1.56. The van der Waals surface area contributed by atoms with Gasteiger partial charge in [0.15, 0.2) is 0 Å². The predicted molar refractivity (Wildman–Crippen MR) is 102 cm³/mol. The third-order valence-corrected chi connectivity index (χ3v) is 7.57. The quantitative estimate of drug-likeness (QED) is 0.668. The Morgan fingerprint density at radius 3 is 2.44 bits per heavy atom. The number of nitrogens with zero attached hydrogens (tertiary/aromatic N) is 1. The maximum absolute atomic E-state index is 12.7. The van der Waals surface area contributed by atoms with E-state index in [4.69, 9.17) is 9.88 Å². The van der Waals surface area contributed by atoms with Crippen LogP contribution >= 0.6 is 11.3 Å². The van der Waals surface area contributed by atoms with Crippen LogP contribution in [-0.4, -0.2) is 54.6 Å². The largest absolute Gasteiger partial charge is 0.379 e. The van der Waals surface area contributed by atoms with E-state index >= 15 is 0 Å². The second kappa shape index (κ2) is 8.35. The standard InChI is InChI=1S/C16H21N3O5S3/c17-26(20,21)13-3-1-4-14(11-13)27(22,23)18-12-15(16-5-2-10-25-16)19-6-8-24-9-7-19/h1-5,10-11,15,18H,6-9,12H2,(H2,17,20,21). The van der Waals surface area contributed by atoms with Gasteiger partial charge in [0.05, 0.1) is 29.0 Å². The number of nitrogens with one attached hydrogen (secondary N) is 1. The maximum Gasteiger partial charge on any atom is 0.240 e. The second-order valence-electron chi connectivity index (χ2n) is 6.05. The Labute approximate surface area is 163 Å². The molecule has 1 unspecified atom stereocenters. The van der Waals surface area contributed by atoms with E-state index in [9.17, 15) is 16.8 Å². The first-order chi connectivity index (χ1) is 12.8. The lowest BCUT2D eigenvalue weighted by atomic mass is 10.2. The molecular formula is C16H21N3O5S3. The Morgan fingerprint density at radius 2 is 1.81 bits per heavy atom. The molecule has 2 heterocycles. The van der Waals surface area contributed by atoms with Gasteiger partial charge >= 0.3 is 0 Å². The Kier molecular flexibility index (Phi) is 6.31. The number of rotatable bonds is 7. The first-order valence-corrected chi connectivity index (χ1v) is 12.2. The molecule has 0 bridgehead atoms. The molecule has 1 fully saturated rings. The van der Waals surface area contributed by atoms with Crippen molar-refractivity contribution >= 4 is 31.4 Å². The van der Waals surface area contributed by atoms with Crippen LogP contribution in [0.1, 0.15) is 10.9 Å². The van der Waals surface area contributed by atoms with Gasteiger partial charge in [0.2, 0.25) is 20.0 Å². The molecule has 0 spiro atoms. The van der Waals surface area contributed by atoms with Crippen LogP contribution < -0.4 is 9.86 Å². The molecular weight excluding hydrogens is 410 g/mol. The number of hydrogen-bond acceptors (Lipinski definition) is 7. The molecule has 1 aromatic heterocycles. The number of primary sulfonamides is 1. The molecule has 0 aliphatic carbocycles. The fourth-order valence-electron chi connectivity index (χ4n) is 2.87. The number of benzene rings is 1. The van der Waals surface area contributed by atoms with E-state index < -0.39 is 20.0 Å². The Hall–Kier alpha value is -1.34. The highest BCUT2D eigenvalue weighted by Gasteiger charge is 2.26. The van der Waals surface area contributed by atoms with Gasteiger partial charge in [0.25, 0.3) is 0 Å². The van der Waals surface area contributed by atoms with Crippen molar-refractivity contribution in [3.63, 3.8) is 0 Å². The summed E-state index contributed by atoms with van der Waals surface area (Å²) in [6.45, 7) is 2.80. The van der Waals surface area contributed by atoms with Gasteiger partial charge in [-0.05, 0) is 29.6 Å². The van der Waals surface area contributed by atoms with E-state index in [0.29, 0.717) is 26.3 Å². The van der Waals surface area contributed by atoms with E-state index in [1.807, 2.05) is 17.5 Å². The lowest BCUT2D eigenvalue weighted by Crippen LogP contribution is -2.43. The fraction of sp³-hybridized carbons (Fsp3) is 0.375. The normalized spacial score (nSPS) is 17.7. The summed E-state index contributed by atoms with van der Waals surface area (Å²) in [4.78, 5) is 2.85. The zero-order valence-corrected chi connectivity index (χ0v) is 16.9. The van der Waals surface area contributed by atoms with E-state index in [0.717, 1.165) is 10.9 Å². The highest BCUT2D eigenvalue weighted by Crippen LogP contribution is 2.26. The zero-order valence-electron chi connectivity index (χ0n) is 14.4. The van der Waals surface area contributed by atoms with E-state index in [-0.39, 0.29) is 22.4 Å². The number of morpholine rings is 1. The zero-order chi connectivity index (χ0) is 19.5. The molecule has 1 aliphatic rings. The van der Waals surface area contributed by atoms with Crippen molar-refractivity contribution in [1.29, 1.82) is 0 Å². The van der Waals surface area contributed by atoms with Crippen LogP contribution in [-0.2, 0) is 24.8 Å². The number of nitrogens with two attached hydrogens (primary N) is 1. The predicted octanol–water partition coefficient (Wildman–Crippen LogP) is 0.747. The van der Waals surface area contributed by atoms with Crippen molar-refractivity contribution in [1.82, 2.24) is 9.62 Å². The lowest BCUT2D eigenvalue weighted by Gasteiger charge is -2.34. The molecule has 3 N–H and O–H groups in total. The van der Waals surface area contributed by atoms with Crippen molar-refractivity contribution in [2.45, 2.75) is 15.8 Å². The van der Waals surface area contributed by atoms with Gasteiger partial charge in [-0.3, -0.25) is 4.90 Å². The Morgan fingerprint density at radius 1 is 1.11 bits per heavy atom. The molecule has 3 rings (SSSR count). The number of ether oxygens (including phenoxy) is 1. The molecule has 1 saturated heterocycles. The van der Waals surface area contributed by atoms with E-state index in [2.05, 4.69) is 9.62 Å². The molecule has 8 nitrogen and oxygen atoms in total. The van der Waals surface area contributed by atoms with Crippen LogP contribution in [0.25, 0.3) is 0 Å². The molecule has 27 heavy (non-hydrogen) atoms. The van der Waals surface area contributed by atoms with E-state index in [1.165, 1.54) is 18.2 Å². The van der Waals surface area contributed by atoms with Crippen molar-refractivity contribution < 1.29 is 21.6 Å². The van der Waals surface area contributed by atoms with Crippen LogP contribution in [0, 0.1) is 0 Å². The van der Waals surface area contributed by atoms with Gasteiger partial charge in [-0.2, -0.15) is 0 Å². The molecule has 0 saturated carbocycles. The molecule has 0 radical (unpaired) electrons. The third kappa shape index (κ3) is 5.13. The van der Waals surface area contributed by atoms with Gasteiger partial charge in [0, 0.05) is 24.5 Å². The summed E-state index contributed by atoms with van der Waals surface area (Å²) < 4.78 is 56.3. The number of thiophene rings is 1. The van der Waals surface area contributed by atoms with E-state index in [1.54, 1.807) is 11.3 Å². The van der Waals surface area contributed by atoms with Crippen molar-refractivity contribution in [3.05, 3.63) is 46.7 Å². The van der Waals surface area contributed by atoms with Crippen LogP contribution in [0.5, 0.6) is 0 Å². The summed E-state index contributed by atoms with van der Waals surface area (Å²) in [5.41, 5.74) is 0. The lowest BCUT2D eigenvalue weighted by molar-refractivity contribution is 0.0179. The number of sulfonamides is 2. The van der Waals surface area contributed by atoms with Gasteiger partial charge in [0.1, 0.15) is 0 Å². The molecule has 1 aromatic carbocycles. The van der Waals surface area contributed by atoms with Crippen molar-refractivity contribution in [3.8, 4) is 0 Å². The highest BCUT2D eigenvalue weighted by atomic mass is 32.2.